The van der Waals surface area contributed by atoms with Crippen LogP contribution in [0, 0.1) is 20.8 Å². The zero-order chi connectivity index (χ0) is 91.2. The fourth-order valence-electron chi connectivity index (χ4n) is 21.7. The lowest BCUT2D eigenvalue weighted by Crippen LogP contribution is -1.96. The van der Waals surface area contributed by atoms with Crippen molar-refractivity contribution in [2.24, 2.45) is 7.05 Å². The Morgan fingerprint density at radius 1 is 0.196 bits per heavy atom. The van der Waals surface area contributed by atoms with Gasteiger partial charge < -0.3 is 18.0 Å². The van der Waals surface area contributed by atoms with E-state index in [-0.39, 0.29) is 0 Å². The van der Waals surface area contributed by atoms with Crippen LogP contribution in [0.3, 0.4) is 0 Å². The van der Waals surface area contributed by atoms with Gasteiger partial charge in [0.15, 0.2) is 0 Å². The van der Waals surface area contributed by atoms with E-state index in [1.54, 1.807) is 6.20 Å². The first-order valence-electron chi connectivity index (χ1n) is 46.6. The second-order valence-electron chi connectivity index (χ2n) is 36.0. The van der Waals surface area contributed by atoms with Crippen molar-refractivity contribution in [2.75, 3.05) is 0 Å². The number of para-hydroxylation sites is 19. The van der Waals surface area contributed by atoms with E-state index in [1.807, 2.05) is 48.5 Å². The molecule has 0 saturated heterocycles. The van der Waals surface area contributed by atoms with Crippen molar-refractivity contribution in [3.05, 3.63) is 435 Å². The molecule has 17 nitrogen and oxygen atoms in total. The lowest BCUT2D eigenvalue weighted by molar-refractivity contribution is 0.654. The molecule has 0 aliphatic carbocycles. The van der Waals surface area contributed by atoms with E-state index in [1.165, 1.54) is 82.6 Å². The lowest BCUT2D eigenvalue weighted by Gasteiger charge is -2.11. The maximum atomic E-state index is 6.06. The molecule has 652 valence electrons. The molecule has 18 aromatic carbocycles. The molecule has 0 atom stereocenters. The number of imidazole rings is 8. The average molecular weight is 1780 g/mol. The second-order valence-corrected chi connectivity index (χ2v) is 36.0. The Balaban J connectivity index is 0.0000000909. The molecule has 138 heavy (non-hydrogen) atoms. The normalized spacial score (nSPS) is 12.1. The number of aryl methyl sites for hydroxylation is 4. The van der Waals surface area contributed by atoms with Gasteiger partial charge in [0.25, 0.3) is 0 Å². The van der Waals surface area contributed by atoms with Gasteiger partial charge in [-0.3, -0.25) is 35.9 Å². The van der Waals surface area contributed by atoms with E-state index in [0.29, 0.717) is 5.71 Å². The van der Waals surface area contributed by atoms with Crippen molar-refractivity contribution >= 4 is 199 Å². The highest BCUT2D eigenvalue weighted by molar-refractivity contribution is 6.13. The molecular formula is C121H81N15O2. The van der Waals surface area contributed by atoms with Gasteiger partial charge in [0.1, 0.15) is 16.7 Å². The minimum atomic E-state index is 0.669. The highest BCUT2D eigenvalue weighted by Gasteiger charge is 2.26. The van der Waals surface area contributed by atoms with Gasteiger partial charge in [0.05, 0.1) is 111 Å². The van der Waals surface area contributed by atoms with Gasteiger partial charge in [-0.05, 0) is 284 Å². The zero-order valence-corrected chi connectivity index (χ0v) is 75.4. The molecule has 0 saturated carbocycles. The number of nitrogens with zero attached hydrogens (tertiary/aromatic N) is 15. The van der Waals surface area contributed by atoms with Gasteiger partial charge in [-0.1, -0.05) is 188 Å². The maximum Gasteiger partial charge on any atom is 0.227 e. The average Bonchev–Trinajstić information content (AvgIpc) is 1.57. The molecule has 0 spiro atoms. The highest BCUT2D eigenvalue weighted by atomic mass is 16.3. The molecular weight excluding hydrogens is 1700 g/mol. The number of pyridine rings is 1. The molecule has 0 bridgehead atoms. The Hall–Kier alpha value is -18.6. The SMILES string of the molecule is Cc1cc(-c2ccc3oc4ccccc4c3c2)cc(-n2c3ccccc3n3c4ccccc4nc23)c1.Cc1cc(-c2ccc3oc4ncccc4c3c2)cc(-n2c3ccccc3n3c4ccccc4nc23)c1.Cc1cccc(-n2c3ccccc3c3cc(-n4c5ccccc5n5c6ccccc6nc45)ccc32)c1.Cn1c2ccccc2c2cc(-n3c4ccccc4n4c5ccccc5nc34)ccc21. The standard InChI is InChI=1S/C32H22N4.C32H21N3O.C31H20N4O.C26H18N4/c1-21-9-8-10-22(19-21)34-27-13-4-2-11-24(27)25-20-23(17-18-28(25)34)35-30-15-6-7-16-31(30)36-29-14-5-3-12-26(29)33-32(35)36;1-20-16-22(21-14-15-31-25(19-21)24-8-2-7-13-30(24)36-31)18-23(17-20)34-28-11-5-6-12-29(28)35-27-10-4-3-9-26(27)33-32(34)35;1-19-15-21(20-12-13-29-24(18-20)23-7-6-14-32-30(23)36-29)17-22(16-19)34-27-10-4-5-11-28(27)35-26-9-3-2-8-25(26)33-31(34)35;1-28-21-10-4-2-8-18(21)19-16-17(14-15-22(19)28)29-24-12-6-7-13-25(24)30-23-11-5-3-9-20(23)27-26(29)30/h2-20H,1H3;2-19H,1H3;2-18H,1H3;2-16H,1H3. The Morgan fingerprint density at radius 3 is 1.01 bits per heavy atom. The molecule has 0 aliphatic rings. The Kier molecular flexibility index (Phi) is 17.2. The molecule has 0 fully saturated rings. The van der Waals surface area contributed by atoms with Gasteiger partial charge in [-0.15, -0.1) is 0 Å². The molecule has 13 aromatic heterocycles. The summed E-state index contributed by atoms with van der Waals surface area (Å²) in [7, 11) is 2.13. The molecule has 31 rings (SSSR count). The summed E-state index contributed by atoms with van der Waals surface area (Å²) in [6.45, 7) is 6.45. The Bertz CT molecular complexity index is 10200. The van der Waals surface area contributed by atoms with Crippen LogP contribution in [-0.2, 0) is 7.05 Å². The summed E-state index contributed by atoms with van der Waals surface area (Å²) in [5, 5.41) is 9.41. The van der Waals surface area contributed by atoms with E-state index in [9.17, 15) is 0 Å². The monoisotopic (exact) mass is 1780 g/mol. The fourth-order valence-corrected chi connectivity index (χ4v) is 21.7. The van der Waals surface area contributed by atoms with E-state index in [2.05, 4.69) is 442 Å². The molecule has 0 radical (unpaired) electrons. The summed E-state index contributed by atoms with van der Waals surface area (Å²) in [5.74, 6) is 3.71. The number of hydrogen-bond acceptors (Lipinski definition) is 7. The molecule has 0 unspecified atom stereocenters. The van der Waals surface area contributed by atoms with Crippen LogP contribution < -0.4 is 0 Å². The van der Waals surface area contributed by atoms with Gasteiger partial charge >= 0.3 is 0 Å². The lowest BCUT2D eigenvalue weighted by atomic mass is 10.00. The smallest absolute Gasteiger partial charge is 0.227 e. The topological polar surface area (TPSA) is 138 Å². The third kappa shape index (κ3) is 12.0. The molecule has 17 heteroatoms. The van der Waals surface area contributed by atoms with E-state index >= 15 is 0 Å². The van der Waals surface area contributed by atoms with Crippen LogP contribution in [0.2, 0.25) is 0 Å². The van der Waals surface area contributed by atoms with Gasteiger partial charge in [0, 0.05) is 84.4 Å². The van der Waals surface area contributed by atoms with Gasteiger partial charge in [0.2, 0.25) is 28.8 Å². The largest absolute Gasteiger partial charge is 0.456 e. The summed E-state index contributed by atoms with van der Waals surface area (Å²) >= 11 is 0. The first-order chi connectivity index (χ1) is 68.1. The third-order valence-corrected chi connectivity index (χ3v) is 27.7. The predicted molar refractivity (Wildman–Crippen MR) is 564 cm³/mol. The minimum Gasteiger partial charge on any atom is -0.456 e. The molecule has 0 N–H and O–H groups in total. The number of hydrogen-bond donors (Lipinski definition) is 0. The summed E-state index contributed by atoms with van der Waals surface area (Å²) < 4.78 is 34.8. The number of furan rings is 2. The second kappa shape index (κ2) is 30.5. The van der Waals surface area contributed by atoms with Crippen LogP contribution in [0.15, 0.2) is 428 Å². The van der Waals surface area contributed by atoms with Crippen LogP contribution in [0.4, 0.5) is 0 Å². The third-order valence-electron chi connectivity index (χ3n) is 27.7. The van der Waals surface area contributed by atoms with Crippen molar-refractivity contribution in [3.8, 4) is 50.7 Å². The fraction of sp³-hybridized carbons (Fsp3) is 0.0331. The van der Waals surface area contributed by atoms with Gasteiger partial charge in [-0.25, -0.2) is 24.9 Å². The van der Waals surface area contributed by atoms with Crippen molar-refractivity contribution in [3.63, 3.8) is 0 Å². The quantitative estimate of drug-likeness (QED) is 0.155. The molecule has 0 aliphatic heterocycles. The van der Waals surface area contributed by atoms with Crippen LogP contribution in [0.5, 0.6) is 0 Å². The molecule has 0 amide bonds. The summed E-state index contributed by atoms with van der Waals surface area (Å²) in [6, 6.07) is 145. The van der Waals surface area contributed by atoms with Crippen molar-refractivity contribution in [2.45, 2.75) is 20.8 Å². The summed E-state index contributed by atoms with van der Waals surface area (Å²) in [4.78, 5) is 24.5. The van der Waals surface area contributed by atoms with E-state index in [0.717, 1.165) is 178 Å². The predicted octanol–water partition coefficient (Wildman–Crippen LogP) is 29.9. The van der Waals surface area contributed by atoms with Crippen LogP contribution in [0.1, 0.15) is 16.7 Å². The van der Waals surface area contributed by atoms with Crippen molar-refractivity contribution < 1.29 is 8.83 Å². The first kappa shape index (κ1) is 78.1. The molecule has 31 aromatic rings. The number of rotatable bonds is 7. The number of fused-ring (bicyclic) bond motifs is 32. The molecule has 13 heterocycles. The summed E-state index contributed by atoms with van der Waals surface area (Å²) in [6.07, 6.45) is 1.76. The zero-order valence-electron chi connectivity index (χ0n) is 75.4. The van der Waals surface area contributed by atoms with Crippen LogP contribution >= 0.6 is 0 Å². The van der Waals surface area contributed by atoms with Gasteiger partial charge in [-0.2, -0.15) is 0 Å². The highest BCUT2D eigenvalue weighted by Crippen LogP contribution is 2.43. The van der Waals surface area contributed by atoms with Crippen molar-refractivity contribution in [1.29, 1.82) is 0 Å². The summed E-state index contributed by atoms with van der Waals surface area (Å²) in [5.41, 5.74) is 39.8. The number of benzene rings is 18. The Morgan fingerprint density at radius 2 is 0.536 bits per heavy atom. The number of aromatic nitrogens is 15. The first-order valence-corrected chi connectivity index (χ1v) is 46.6. The van der Waals surface area contributed by atoms with Crippen LogP contribution in [0.25, 0.3) is 250 Å². The Labute approximate surface area is 786 Å². The maximum absolute atomic E-state index is 6.06. The van der Waals surface area contributed by atoms with E-state index < -0.39 is 0 Å². The van der Waals surface area contributed by atoms with E-state index in [4.69, 9.17) is 28.8 Å². The minimum absolute atomic E-state index is 0.669. The van der Waals surface area contributed by atoms with Crippen molar-refractivity contribution in [1.82, 2.24) is 69.9 Å². The van der Waals surface area contributed by atoms with Crippen LogP contribution in [-0.4, -0.2) is 69.9 Å².